The van der Waals surface area contributed by atoms with Gasteiger partial charge in [0.2, 0.25) is 5.95 Å². The number of rotatable bonds is 7. The van der Waals surface area contributed by atoms with Crippen LogP contribution in [0.15, 0.2) is 58.2 Å². The van der Waals surface area contributed by atoms with Gasteiger partial charge in [0, 0.05) is 27.5 Å². The van der Waals surface area contributed by atoms with Crippen LogP contribution in [-0.4, -0.2) is 57.8 Å². The predicted molar refractivity (Wildman–Crippen MR) is 161 cm³/mol. The summed E-state index contributed by atoms with van der Waals surface area (Å²) in [5, 5.41) is 11.4. The van der Waals surface area contributed by atoms with E-state index in [9.17, 15) is 18.3 Å². The minimum absolute atomic E-state index is 0.133. The quantitative estimate of drug-likeness (QED) is 0.312. The van der Waals surface area contributed by atoms with Gasteiger partial charge in [0.1, 0.15) is 5.54 Å². The van der Waals surface area contributed by atoms with Crippen molar-refractivity contribution in [3.63, 3.8) is 0 Å². The number of carbonyl (C=O) groups excluding carboxylic acids is 1. The van der Waals surface area contributed by atoms with Crippen molar-refractivity contribution >= 4 is 66.7 Å². The van der Waals surface area contributed by atoms with Gasteiger partial charge in [-0.25, -0.2) is 18.3 Å². The normalized spacial score (nSPS) is 22.4. The van der Waals surface area contributed by atoms with Gasteiger partial charge in [-0.1, -0.05) is 51.3 Å². The molecule has 3 atom stereocenters. The smallest absolute Gasteiger partial charge is 0.260 e. The van der Waals surface area contributed by atoms with Gasteiger partial charge in [0.05, 0.1) is 23.5 Å². The number of halogens is 3. The molecule has 9 nitrogen and oxygen atoms in total. The summed E-state index contributed by atoms with van der Waals surface area (Å²) >= 11 is 16.0. The summed E-state index contributed by atoms with van der Waals surface area (Å²) in [6.07, 6.45) is 1.11. The fourth-order valence-electron chi connectivity index (χ4n) is 5.52. The van der Waals surface area contributed by atoms with Crippen molar-refractivity contribution in [1.29, 1.82) is 0 Å². The van der Waals surface area contributed by atoms with Gasteiger partial charge in [0.15, 0.2) is 11.3 Å². The third kappa shape index (κ3) is 5.70. The van der Waals surface area contributed by atoms with Crippen LogP contribution in [0.1, 0.15) is 46.1 Å². The van der Waals surface area contributed by atoms with Crippen molar-refractivity contribution in [3.05, 3.63) is 68.7 Å². The van der Waals surface area contributed by atoms with Crippen LogP contribution >= 0.6 is 39.1 Å². The third-order valence-corrected chi connectivity index (χ3v) is 10.1. The molecule has 1 unspecified atom stereocenters. The summed E-state index contributed by atoms with van der Waals surface area (Å²) in [6, 6.07) is 11.4. The standard InChI is InChI=1S/C28H31BrCl2N4O5S/c1-27(2,3)40-24(36)22-6-5-11-33(22)41(38,39)23-16-32-26-34(21-13-19(30)12-20(31)14-21)25(37)28(4,35(23)26)15-17-7-9-18(29)10-8-17/h7-10,12-14,16,22,24,36H,5-6,11,15H2,1-4H3/t22-,24?,28+/m0/s1. The van der Waals surface area contributed by atoms with E-state index in [1.54, 1.807) is 45.9 Å². The first-order valence-electron chi connectivity index (χ1n) is 13.1. The van der Waals surface area contributed by atoms with Crippen LogP contribution in [0.4, 0.5) is 11.6 Å². The molecule has 13 heteroatoms. The van der Waals surface area contributed by atoms with Gasteiger partial charge in [-0.2, -0.15) is 4.31 Å². The second-order valence-electron chi connectivity index (χ2n) is 11.5. The predicted octanol–water partition coefficient (Wildman–Crippen LogP) is 5.88. The molecule has 2 aromatic carbocycles. The molecular weight excluding hydrogens is 655 g/mol. The topological polar surface area (TPSA) is 105 Å². The van der Waals surface area contributed by atoms with E-state index in [2.05, 4.69) is 20.9 Å². The third-order valence-electron chi connectivity index (χ3n) is 7.26. The molecule has 0 aliphatic carbocycles. The van der Waals surface area contributed by atoms with Gasteiger partial charge in [-0.05, 0) is 76.4 Å². The van der Waals surface area contributed by atoms with Gasteiger partial charge >= 0.3 is 0 Å². The summed E-state index contributed by atoms with van der Waals surface area (Å²) in [4.78, 5) is 20.1. The van der Waals surface area contributed by atoms with Gasteiger partial charge in [0.25, 0.3) is 15.9 Å². The molecule has 2 aliphatic heterocycles. The molecular formula is C28H31BrCl2N4O5S. The largest absolute Gasteiger partial charge is 0.367 e. The van der Waals surface area contributed by atoms with E-state index in [4.69, 9.17) is 27.9 Å². The molecule has 5 rings (SSSR count). The van der Waals surface area contributed by atoms with Crippen molar-refractivity contribution in [2.75, 3.05) is 11.4 Å². The molecule has 0 bridgehead atoms. The number of benzene rings is 2. The molecule has 1 N–H and O–H groups in total. The van der Waals surface area contributed by atoms with Crippen LogP contribution in [-0.2, 0) is 31.5 Å². The number of nitrogens with zero attached hydrogens (tertiary/aromatic N) is 4. The van der Waals surface area contributed by atoms with Crippen molar-refractivity contribution in [2.45, 2.75) is 75.5 Å². The highest BCUT2D eigenvalue weighted by molar-refractivity contribution is 9.10. The summed E-state index contributed by atoms with van der Waals surface area (Å²) in [6.45, 7) is 7.28. The van der Waals surface area contributed by atoms with Crippen molar-refractivity contribution in [3.8, 4) is 0 Å². The zero-order valence-electron chi connectivity index (χ0n) is 23.0. The van der Waals surface area contributed by atoms with E-state index in [-0.39, 0.29) is 29.8 Å². The molecule has 220 valence electrons. The monoisotopic (exact) mass is 684 g/mol. The van der Waals surface area contributed by atoms with Crippen molar-refractivity contribution in [2.24, 2.45) is 0 Å². The number of aliphatic hydroxyl groups excluding tert-OH is 1. The van der Waals surface area contributed by atoms with E-state index in [0.29, 0.717) is 28.6 Å². The first kappa shape index (κ1) is 30.5. The summed E-state index contributed by atoms with van der Waals surface area (Å²) in [5.41, 5.74) is -0.849. The number of hydrogen-bond donors (Lipinski definition) is 1. The van der Waals surface area contributed by atoms with E-state index in [1.165, 1.54) is 20.0 Å². The number of amides is 1. The maximum Gasteiger partial charge on any atom is 0.260 e. The molecule has 1 saturated heterocycles. The number of carbonyl (C=O) groups is 1. The fraction of sp³-hybridized carbons (Fsp3) is 0.429. The highest BCUT2D eigenvalue weighted by Gasteiger charge is 2.53. The van der Waals surface area contributed by atoms with Gasteiger partial charge < -0.3 is 9.84 Å². The Labute approximate surface area is 258 Å². The Balaban J connectivity index is 1.64. The first-order valence-corrected chi connectivity index (χ1v) is 16.1. The maximum absolute atomic E-state index is 14.3. The molecule has 1 fully saturated rings. The van der Waals surface area contributed by atoms with Crippen LogP contribution in [0.25, 0.3) is 0 Å². The molecule has 3 aromatic rings. The van der Waals surface area contributed by atoms with Crippen LogP contribution < -0.4 is 4.90 Å². The second-order valence-corrected chi connectivity index (χ2v) is 15.1. The van der Waals surface area contributed by atoms with Crippen LogP contribution in [0.2, 0.25) is 10.0 Å². The molecule has 1 amide bonds. The van der Waals surface area contributed by atoms with Crippen LogP contribution in [0.3, 0.4) is 0 Å². The zero-order chi connectivity index (χ0) is 29.9. The van der Waals surface area contributed by atoms with E-state index >= 15 is 0 Å². The minimum atomic E-state index is -4.23. The molecule has 2 aliphatic rings. The number of sulfonamides is 1. The van der Waals surface area contributed by atoms with Crippen LogP contribution in [0, 0.1) is 0 Å². The number of hydrogen-bond acceptors (Lipinski definition) is 6. The highest BCUT2D eigenvalue weighted by Crippen LogP contribution is 2.45. The van der Waals surface area contributed by atoms with E-state index in [0.717, 1.165) is 10.0 Å². The van der Waals surface area contributed by atoms with Gasteiger partial charge in [-0.3, -0.25) is 9.36 Å². The molecule has 0 spiro atoms. The van der Waals surface area contributed by atoms with Crippen LogP contribution in [0.5, 0.6) is 0 Å². The molecule has 3 heterocycles. The number of imidazole rings is 1. The number of aromatic nitrogens is 2. The summed E-state index contributed by atoms with van der Waals surface area (Å²) < 4.78 is 38.0. The number of aliphatic hydroxyl groups is 1. The number of anilines is 2. The Hall–Kier alpha value is -1.99. The lowest BCUT2D eigenvalue weighted by Crippen LogP contribution is -2.47. The summed E-state index contributed by atoms with van der Waals surface area (Å²) in [7, 11) is -4.23. The second kappa shape index (κ2) is 10.9. The molecule has 1 aromatic heterocycles. The maximum atomic E-state index is 14.3. The van der Waals surface area contributed by atoms with Crippen molar-refractivity contribution < 1.29 is 23.1 Å². The Kier molecular flexibility index (Phi) is 8.12. The summed E-state index contributed by atoms with van der Waals surface area (Å²) in [5.74, 6) is -0.249. The average molecular weight is 686 g/mol. The minimum Gasteiger partial charge on any atom is -0.367 e. The lowest BCUT2D eigenvalue weighted by Gasteiger charge is -2.33. The Morgan fingerprint density at radius 3 is 2.41 bits per heavy atom. The van der Waals surface area contributed by atoms with Gasteiger partial charge in [-0.15, -0.1) is 0 Å². The van der Waals surface area contributed by atoms with Crippen molar-refractivity contribution in [1.82, 2.24) is 13.9 Å². The lowest BCUT2D eigenvalue weighted by atomic mass is 9.92. The Morgan fingerprint density at radius 2 is 1.80 bits per heavy atom. The molecule has 0 radical (unpaired) electrons. The first-order chi connectivity index (χ1) is 19.1. The SMILES string of the molecule is CC(C)(C)OC(O)[C@@H]1CCCN1S(=O)(=O)c1cnc2n1[C@](C)(Cc1ccc(Br)cc1)C(=O)N2c1cc(Cl)cc(Cl)c1. The zero-order valence-corrected chi connectivity index (χ0v) is 26.9. The molecule has 41 heavy (non-hydrogen) atoms. The number of fused-ring (bicyclic) bond motifs is 1. The lowest BCUT2D eigenvalue weighted by molar-refractivity contribution is -0.185. The Morgan fingerprint density at radius 1 is 1.17 bits per heavy atom. The van der Waals surface area contributed by atoms with E-state index < -0.39 is 33.5 Å². The fourth-order valence-corrected chi connectivity index (χ4v) is 8.18. The Bertz CT molecular complexity index is 1570. The van der Waals surface area contributed by atoms with E-state index in [1.807, 2.05) is 24.3 Å². The number of ether oxygens (including phenoxy) is 1. The average Bonchev–Trinajstić information content (AvgIpc) is 3.56. The highest BCUT2D eigenvalue weighted by atomic mass is 79.9. The molecule has 0 saturated carbocycles.